The number of hydrogen-bond acceptors (Lipinski definition) is 4. The highest BCUT2D eigenvalue weighted by Crippen LogP contribution is 2.44. The lowest BCUT2D eigenvalue weighted by molar-refractivity contribution is 0.776. The summed E-state index contributed by atoms with van der Waals surface area (Å²) >= 11 is 8.04. The van der Waals surface area contributed by atoms with Crippen LogP contribution in [-0.2, 0) is 6.54 Å². The van der Waals surface area contributed by atoms with Crippen molar-refractivity contribution in [2.75, 3.05) is 0 Å². The Bertz CT molecular complexity index is 832. The number of thiazole rings is 1. The lowest BCUT2D eigenvalue weighted by atomic mass is 10.3. The van der Waals surface area contributed by atoms with E-state index in [0.717, 1.165) is 37.5 Å². The van der Waals surface area contributed by atoms with Crippen molar-refractivity contribution in [3.05, 3.63) is 33.9 Å². The van der Waals surface area contributed by atoms with Crippen LogP contribution in [0.25, 0.3) is 21.7 Å². The van der Waals surface area contributed by atoms with Gasteiger partial charge in [-0.1, -0.05) is 17.7 Å². The Morgan fingerprint density at radius 3 is 2.86 bits per heavy atom. The van der Waals surface area contributed by atoms with Crippen LogP contribution in [0.15, 0.2) is 18.2 Å². The molecule has 1 saturated carbocycles. The molecule has 0 amide bonds. The fourth-order valence-corrected chi connectivity index (χ4v) is 3.89. The quantitative estimate of drug-likeness (QED) is 0.796. The number of benzene rings is 1. The Kier molecular flexibility index (Phi) is 3.03. The van der Waals surface area contributed by atoms with E-state index in [-0.39, 0.29) is 0 Å². The van der Waals surface area contributed by atoms with Gasteiger partial charge in [0.2, 0.25) is 0 Å². The minimum absolute atomic E-state index is 0.468. The van der Waals surface area contributed by atoms with Gasteiger partial charge in [-0.2, -0.15) is 0 Å². The smallest absolute Gasteiger partial charge is 0.153 e. The molecule has 1 aromatic carbocycles. The molecule has 2 heterocycles. The molecule has 4 rings (SSSR count). The number of hydrogen-bond donors (Lipinski definition) is 1. The standard InChI is InChI=1S/C15H15ClN4S/c1-8-14(21-12(7-17)18-8)15-19-11-4-2-3-10(16)13(11)20(15)9-5-6-9/h2-4,9H,5-7,17H2,1H3. The van der Waals surface area contributed by atoms with Crippen molar-refractivity contribution in [3.63, 3.8) is 0 Å². The van der Waals surface area contributed by atoms with Crippen molar-refractivity contribution in [2.24, 2.45) is 5.73 Å². The monoisotopic (exact) mass is 318 g/mol. The second kappa shape index (κ2) is 4.80. The summed E-state index contributed by atoms with van der Waals surface area (Å²) < 4.78 is 2.29. The molecule has 2 N–H and O–H groups in total. The van der Waals surface area contributed by atoms with Crippen LogP contribution in [0.3, 0.4) is 0 Å². The fourth-order valence-electron chi connectivity index (χ4n) is 2.70. The van der Waals surface area contributed by atoms with Gasteiger partial charge in [0.05, 0.1) is 26.6 Å². The lowest BCUT2D eigenvalue weighted by Gasteiger charge is -2.07. The van der Waals surface area contributed by atoms with Crippen LogP contribution in [0, 0.1) is 6.92 Å². The third-order valence-electron chi connectivity index (χ3n) is 3.79. The van der Waals surface area contributed by atoms with Gasteiger partial charge in [-0.15, -0.1) is 11.3 Å². The molecule has 1 aliphatic carbocycles. The maximum Gasteiger partial charge on any atom is 0.153 e. The highest BCUT2D eigenvalue weighted by molar-refractivity contribution is 7.15. The molecule has 0 aliphatic heterocycles. The Morgan fingerprint density at radius 2 is 2.19 bits per heavy atom. The number of aryl methyl sites for hydroxylation is 1. The van der Waals surface area contributed by atoms with Crippen LogP contribution in [-0.4, -0.2) is 14.5 Å². The Morgan fingerprint density at radius 1 is 1.38 bits per heavy atom. The Hall–Kier alpha value is -1.43. The van der Waals surface area contributed by atoms with Crippen molar-refractivity contribution >= 4 is 34.0 Å². The molecule has 4 nitrogen and oxygen atoms in total. The SMILES string of the molecule is Cc1nc(CN)sc1-c1nc2cccc(Cl)c2n1C1CC1. The van der Waals surface area contributed by atoms with Crippen LogP contribution in [0.2, 0.25) is 5.02 Å². The number of nitrogens with two attached hydrogens (primary N) is 1. The van der Waals surface area contributed by atoms with Crippen LogP contribution in [0.4, 0.5) is 0 Å². The molecule has 0 radical (unpaired) electrons. The number of aromatic nitrogens is 3. The number of rotatable bonds is 3. The second-order valence-electron chi connectivity index (χ2n) is 5.37. The minimum Gasteiger partial charge on any atom is -0.325 e. The lowest BCUT2D eigenvalue weighted by Crippen LogP contribution is -1.97. The Labute approximate surface area is 131 Å². The summed E-state index contributed by atoms with van der Waals surface area (Å²) in [6.07, 6.45) is 2.37. The van der Waals surface area contributed by atoms with E-state index in [1.54, 1.807) is 11.3 Å². The van der Waals surface area contributed by atoms with Gasteiger partial charge in [0, 0.05) is 12.6 Å². The summed E-state index contributed by atoms with van der Waals surface area (Å²) in [5.41, 5.74) is 8.70. The molecule has 1 fully saturated rings. The van der Waals surface area contributed by atoms with E-state index in [0.29, 0.717) is 12.6 Å². The zero-order chi connectivity index (χ0) is 14.6. The van der Waals surface area contributed by atoms with Crippen molar-refractivity contribution in [1.82, 2.24) is 14.5 Å². The first-order valence-electron chi connectivity index (χ1n) is 7.02. The van der Waals surface area contributed by atoms with Crippen LogP contribution < -0.4 is 5.73 Å². The first-order valence-corrected chi connectivity index (χ1v) is 8.21. The van der Waals surface area contributed by atoms with Crippen molar-refractivity contribution in [2.45, 2.75) is 32.4 Å². The summed E-state index contributed by atoms with van der Waals surface area (Å²) in [5, 5.41) is 1.71. The maximum atomic E-state index is 6.41. The largest absolute Gasteiger partial charge is 0.325 e. The van der Waals surface area contributed by atoms with E-state index in [2.05, 4.69) is 9.55 Å². The average molecular weight is 319 g/mol. The van der Waals surface area contributed by atoms with Gasteiger partial charge in [-0.05, 0) is 31.9 Å². The number of para-hydroxylation sites is 1. The van der Waals surface area contributed by atoms with Gasteiger partial charge in [0.25, 0.3) is 0 Å². The number of imidazole rings is 1. The van der Waals surface area contributed by atoms with E-state index in [1.807, 2.05) is 25.1 Å². The van der Waals surface area contributed by atoms with E-state index < -0.39 is 0 Å². The molecular formula is C15H15ClN4S. The highest BCUT2D eigenvalue weighted by atomic mass is 35.5. The molecule has 0 spiro atoms. The summed E-state index contributed by atoms with van der Waals surface area (Å²) in [5.74, 6) is 0.982. The summed E-state index contributed by atoms with van der Waals surface area (Å²) in [6, 6.07) is 6.40. The molecule has 1 aliphatic rings. The molecule has 6 heteroatoms. The summed E-state index contributed by atoms with van der Waals surface area (Å²) in [6.45, 7) is 2.49. The van der Waals surface area contributed by atoms with Crippen molar-refractivity contribution in [1.29, 1.82) is 0 Å². The zero-order valence-corrected chi connectivity index (χ0v) is 13.2. The summed E-state index contributed by atoms with van der Waals surface area (Å²) in [7, 11) is 0. The molecule has 108 valence electrons. The molecule has 0 atom stereocenters. The number of nitrogens with zero attached hydrogens (tertiary/aromatic N) is 3. The second-order valence-corrected chi connectivity index (χ2v) is 6.86. The Balaban J connectivity index is 2.01. The molecule has 0 bridgehead atoms. The highest BCUT2D eigenvalue weighted by Gasteiger charge is 2.30. The van der Waals surface area contributed by atoms with Crippen molar-refractivity contribution in [3.8, 4) is 10.7 Å². The van der Waals surface area contributed by atoms with E-state index in [1.165, 1.54) is 12.8 Å². The molecule has 0 saturated heterocycles. The molecule has 2 aromatic heterocycles. The van der Waals surface area contributed by atoms with Crippen molar-refractivity contribution < 1.29 is 0 Å². The number of fused-ring (bicyclic) bond motifs is 1. The van der Waals surface area contributed by atoms with E-state index in [9.17, 15) is 0 Å². The first kappa shape index (κ1) is 13.2. The molecule has 3 aromatic rings. The van der Waals surface area contributed by atoms with Gasteiger partial charge in [0.15, 0.2) is 5.82 Å². The van der Waals surface area contributed by atoms with Gasteiger partial charge < -0.3 is 10.3 Å². The molecule has 21 heavy (non-hydrogen) atoms. The fraction of sp³-hybridized carbons (Fsp3) is 0.333. The first-order chi connectivity index (χ1) is 10.2. The minimum atomic E-state index is 0.468. The average Bonchev–Trinajstić information content (AvgIpc) is 3.13. The molecular weight excluding hydrogens is 304 g/mol. The van der Waals surface area contributed by atoms with Crippen LogP contribution in [0.5, 0.6) is 0 Å². The third-order valence-corrected chi connectivity index (χ3v) is 5.27. The predicted molar refractivity (Wildman–Crippen MR) is 86.8 cm³/mol. The van der Waals surface area contributed by atoms with Crippen LogP contribution in [0.1, 0.15) is 29.6 Å². The van der Waals surface area contributed by atoms with E-state index in [4.69, 9.17) is 22.3 Å². The van der Waals surface area contributed by atoms with Gasteiger partial charge in [0.1, 0.15) is 5.01 Å². The summed E-state index contributed by atoms with van der Waals surface area (Å²) in [4.78, 5) is 10.5. The van der Waals surface area contributed by atoms with Gasteiger partial charge in [-0.25, -0.2) is 9.97 Å². The van der Waals surface area contributed by atoms with E-state index >= 15 is 0 Å². The zero-order valence-electron chi connectivity index (χ0n) is 11.6. The molecule has 0 unspecified atom stereocenters. The topological polar surface area (TPSA) is 56.7 Å². The van der Waals surface area contributed by atoms with Gasteiger partial charge in [-0.3, -0.25) is 0 Å². The normalized spacial score (nSPS) is 15.0. The maximum absolute atomic E-state index is 6.41. The van der Waals surface area contributed by atoms with Gasteiger partial charge >= 0.3 is 0 Å². The third kappa shape index (κ3) is 2.08. The predicted octanol–water partition coefficient (Wildman–Crippen LogP) is 3.92. The van der Waals surface area contributed by atoms with Crippen LogP contribution >= 0.6 is 22.9 Å². The number of halogens is 1.